The Kier molecular flexibility index (Phi) is 4.65. The van der Waals surface area contributed by atoms with Crippen LogP contribution in [0, 0.1) is 12.8 Å². The van der Waals surface area contributed by atoms with E-state index in [1.165, 1.54) is 69.4 Å². The third kappa shape index (κ3) is 3.25. The first-order chi connectivity index (χ1) is 11.8. The fraction of sp³-hybridized carbons (Fsp3) is 0.600. The molecule has 1 saturated carbocycles. The fourth-order valence-electron chi connectivity index (χ4n) is 4.55. The Hall–Kier alpha value is -1.68. The molecule has 1 atom stereocenters. The topological polar surface area (TPSA) is 34.0 Å². The van der Waals surface area contributed by atoms with Crippen molar-refractivity contribution in [3.63, 3.8) is 0 Å². The summed E-state index contributed by atoms with van der Waals surface area (Å²) in [5, 5.41) is 0. The number of hydrogen-bond donors (Lipinski definition) is 0. The van der Waals surface area contributed by atoms with Crippen molar-refractivity contribution in [2.24, 2.45) is 5.92 Å². The summed E-state index contributed by atoms with van der Waals surface area (Å²) < 4.78 is 2.45. The predicted molar refractivity (Wildman–Crippen MR) is 96.9 cm³/mol. The van der Waals surface area contributed by atoms with Crippen LogP contribution in [0.4, 0.5) is 0 Å². The molecule has 24 heavy (non-hydrogen) atoms. The first-order valence-corrected chi connectivity index (χ1v) is 9.48. The van der Waals surface area contributed by atoms with Gasteiger partial charge in [-0.25, -0.2) is 4.98 Å². The van der Waals surface area contributed by atoms with E-state index >= 15 is 0 Å². The number of nitrogens with zero attached hydrogens (tertiary/aromatic N) is 4. The van der Waals surface area contributed by atoms with Crippen LogP contribution in [0.5, 0.6) is 0 Å². The molecule has 0 spiro atoms. The number of rotatable bonds is 4. The first kappa shape index (κ1) is 15.8. The van der Waals surface area contributed by atoms with Crippen molar-refractivity contribution in [2.45, 2.75) is 51.5 Å². The zero-order chi connectivity index (χ0) is 16.4. The Morgan fingerprint density at radius 2 is 1.88 bits per heavy atom. The van der Waals surface area contributed by atoms with Crippen LogP contribution in [0.2, 0.25) is 0 Å². The molecule has 1 aliphatic carbocycles. The van der Waals surface area contributed by atoms with E-state index in [1.807, 2.05) is 18.6 Å². The smallest absolute Gasteiger partial charge is 0.140 e. The van der Waals surface area contributed by atoms with E-state index in [0.717, 1.165) is 11.7 Å². The largest absolute Gasteiger partial charge is 0.324 e. The molecular formula is C20H28N4. The van der Waals surface area contributed by atoms with Gasteiger partial charge in [0, 0.05) is 55.5 Å². The molecular weight excluding hydrogens is 296 g/mol. The molecule has 0 bridgehead atoms. The van der Waals surface area contributed by atoms with Gasteiger partial charge in [0.2, 0.25) is 0 Å². The van der Waals surface area contributed by atoms with Gasteiger partial charge >= 0.3 is 0 Å². The summed E-state index contributed by atoms with van der Waals surface area (Å²) in [4.78, 5) is 11.5. The minimum absolute atomic E-state index is 0.555. The van der Waals surface area contributed by atoms with Crippen LogP contribution in [0.1, 0.15) is 50.3 Å². The highest BCUT2D eigenvalue weighted by atomic mass is 15.2. The minimum Gasteiger partial charge on any atom is -0.324 e. The van der Waals surface area contributed by atoms with Crippen molar-refractivity contribution < 1.29 is 0 Å². The van der Waals surface area contributed by atoms with Crippen LogP contribution in [0.3, 0.4) is 0 Å². The molecule has 1 saturated heterocycles. The maximum Gasteiger partial charge on any atom is 0.140 e. The van der Waals surface area contributed by atoms with E-state index in [9.17, 15) is 0 Å². The highest BCUT2D eigenvalue weighted by Gasteiger charge is 2.28. The normalized spacial score (nSPS) is 23.0. The maximum atomic E-state index is 4.69. The molecule has 3 heterocycles. The van der Waals surface area contributed by atoms with Crippen LogP contribution in [-0.4, -0.2) is 39.1 Å². The lowest BCUT2D eigenvalue weighted by molar-refractivity contribution is 0.228. The standard InChI is InChI=1S/C20H28N4/c1-16-13-22-20(18-7-10-21-11-8-18)24(16)19-9-12-23(15-19)14-17-5-3-2-4-6-17/h7-8,10-11,13,17,19H,2-6,9,12,14-15H2,1H3. The van der Waals surface area contributed by atoms with Crippen LogP contribution < -0.4 is 0 Å². The molecule has 2 aromatic rings. The Morgan fingerprint density at radius 1 is 1.08 bits per heavy atom. The summed E-state index contributed by atoms with van der Waals surface area (Å²) in [5.74, 6) is 2.03. The number of pyridine rings is 1. The molecule has 2 aromatic heterocycles. The van der Waals surface area contributed by atoms with Gasteiger partial charge < -0.3 is 9.47 Å². The average Bonchev–Trinajstić information content (AvgIpc) is 3.23. The molecule has 4 heteroatoms. The van der Waals surface area contributed by atoms with E-state index < -0.39 is 0 Å². The Balaban J connectivity index is 1.48. The number of hydrogen-bond acceptors (Lipinski definition) is 3. The van der Waals surface area contributed by atoms with E-state index in [1.54, 1.807) is 0 Å². The second-order valence-electron chi connectivity index (χ2n) is 7.54. The minimum atomic E-state index is 0.555. The highest BCUT2D eigenvalue weighted by Crippen LogP contribution is 2.31. The number of aromatic nitrogens is 3. The predicted octanol–water partition coefficient (Wildman–Crippen LogP) is 4.08. The Morgan fingerprint density at radius 3 is 2.67 bits per heavy atom. The third-order valence-electron chi connectivity index (χ3n) is 5.77. The van der Waals surface area contributed by atoms with Crippen molar-refractivity contribution >= 4 is 0 Å². The van der Waals surface area contributed by atoms with Gasteiger partial charge in [0.15, 0.2) is 0 Å². The summed E-state index contributed by atoms with van der Waals surface area (Å²) in [5.41, 5.74) is 2.44. The monoisotopic (exact) mass is 324 g/mol. The molecule has 2 fully saturated rings. The lowest BCUT2D eigenvalue weighted by Gasteiger charge is -2.27. The Labute approximate surface area is 144 Å². The van der Waals surface area contributed by atoms with E-state index in [0.29, 0.717) is 6.04 Å². The van der Waals surface area contributed by atoms with Crippen molar-refractivity contribution in [1.82, 2.24) is 19.4 Å². The second kappa shape index (κ2) is 7.06. The number of imidazole rings is 1. The van der Waals surface area contributed by atoms with Crippen molar-refractivity contribution in [3.05, 3.63) is 36.4 Å². The lowest BCUT2D eigenvalue weighted by atomic mass is 9.89. The quantitative estimate of drug-likeness (QED) is 0.850. The zero-order valence-electron chi connectivity index (χ0n) is 14.7. The average molecular weight is 324 g/mol. The molecule has 4 rings (SSSR count). The molecule has 0 radical (unpaired) electrons. The molecule has 0 amide bonds. The number of likely N-dealkylation sites (tertiary alicyclic amines) is 1. The molecule has 1 aliphatic heterocycles. The second-order valence-corrected chi connectivity index (χ2v) is 7.54. The van der Waals surface area contributed by atoms with Gasteiger partial charge in [-0.15, -0.1) is 0 Å². The summed E-state index contributed by atoms with van der Waals surface area (Å²) in [6.45, 7) is 5.89. The summed E-state index contributed by atoms with van der Waals surface area (Å²) in [6.07, 6.45) is 14.2. The number of aryl methyl sites for hydroxylation is 1. The van der Waals surface area contributed by atoms with E-state index in [2.05, 4.69) is 38.5 Å². The summed E-state index contributed by atoms with van der Waals surface area (Å²) in [7, 11) is 0. The van der Waals surface area contributed by atoms with Gasteiger partial charge in [0.05, 0.1) is 0 Å². The highest BCUT2D eigenvalue weighted by molar-refractivity contribution is 5.55. The zero-order valence-corrected chi connectivity index (χ0v) is 14.7. The lowest BCUT2D eigenvalue weighted by Crippen LogP contribution is -2.29. The van der Waals surface area contributed by atoms with Crippen molar-refractivity contribution in [2.75, 3.05) is 19.6 Å². The van der Waals surface area contributed by atoms with Gasteiger partial charge in [-0.3, -0.25) is 4.98 Å². The van der Waals surface area contributed by atoms with Crippen molar-refractivity contribution in [3.8, 4) is 11.4 Å². The molecule has 4 nitrogen and oxygen atoms in total. The molecule has 0 N–H and O–H groups in total. The van der Waals surface area contributed by atoms with Crippen LogP contribution in [0.15, 0.2) is 30.7 Å². The molecule has 2 aliphatic rings. The Bertz CT molecular complexity index is 658. The van der Waals surface area contributed by atoms with Crippen molar-refractivity contribution in [1.29, 1.82) is 0 Å². The third-order valence-corrected chi connectivity index (χ3v) is 5.77. The molecule has 1 unspecified atom stereocenters. The molecule has 128 valence electrons. The van der Waals surface area contributed by atoms with Crippen LogP contribution >= 0.6 is 0 Å². The van der Waals surface area contributed by atoms with E-state index in [4.69, 9.17) is 0 Å². The molecule has 0 aromatic carbocycles. The van der Waals surface area contributed by atoms with Gasteiger partial charge in [0.1, 0.15) is 5.82 Å². The summed E-state index contributed by atoms with van der Waals surface area (Å²) >= 11 is 0. The van der Waals surface area contributed by atoms with Gasteiger partial charge in [-0.2, -0.15) is 0 Å². The summed E-state index contributed by atoms with van der Waals surface area (Å²) in [6, 6.07) is 4.68. The maximum absolute atomic E-state index is 4.69. The van der Waals surface area contributed by atoms with Gasteiger partial charge in [-0.1, -0.05) is 19.3 Å². The fourth-order valence-corrected chi connectivity index (χ4v) is 4.55. The van der Waals surface area contributed by atoms with Gasteiger partial charge in [0.25, 0.3) is 0 Å². The van der Waals surface area contributed by atoms with Crippen LogP contribution in [0.25, 0.3) is 11.4 Å². The SMILES string of the molecule is Cc1cnc(-c2ccncc2)n1C1CCN(CC2CCCCC2)C1. The van der Waals surface area contributed by atoms with Crippen LogP contribution in [-0.2, 0) is 0 Å². The first-order valence-electron chi connectivity index (χ1n) is 9.48. The van der Waals surface area contributed by atoms with E-state index in [-0.39, 0.29) is 0 Å². The van der Waals surface area contributed by atoms with Gasteiger partial charge in [-0.05, 0) is 44.2 Å².